The van der Waals surface area contributed by atoms with Crippen LogP contribution in [-0.2, 0) is 9.47 Å². The molecule has 0 atom stereocenters. The molecule has 0 unspecified atom stereocenters. The molecule has 0 aliphatic heterocycles. The van der Waals surface area contributed by atoms with Crippen LogP contribution in [0.3, 0.4) is 0 Å². The summed E-state index contributed by atoms with van der Waals surface area (Å²) in [6, 6.07) is 3.66. The Morgan fingerprint density at radius 2 is 1.56 bits per heavy atom. The molecule has 0 N–H and O–H groups in total. The number of aromatic nitrogens is 1. The topological polar surface area (TPSA) is 68.7 Å². The third-order valence-electron chi connectivity index (χ3n) is 2.54. The van der Waals surface area contributed by atoms with Gasteiger partial charge in [-0.25, -0.2) is 14.6 Å². The van der Waals surface area contributed by atoms with Gasteiger partial charge in [0.25, 0.3) is 0 Å². The van der Waals surface area contributed by atoms with Gasteiger partial charge in [0.1, 0.15) is 13.2 Å². The number of thiophene rings is 1. The van der Waals surface area contributed by atoms with Crippen LogP contribution in [0.5, 0.6) is 0 Å². The molecule has 0 spiro atoms. The van der Waals surface area contributed by atoms with Crippen molar-refractivity contribution in [1.82, 2.24) is 4.98 Å². The number of halogens is 6. The number of nitrogens with zero attached hydrogens (tertiary/aromatic N) is 2. The zero-order valence-electron chi connectivity index (χ0n) is 12.8. The monoisotopic (exact) mass is 530 g/mol. The van der Waals surface area contributed by atoms with Gasteiger partial charge in [-0.05, 0) is 11.4 Å². The molecule has 0 saturated carbocycles. The molecular weight excluding hydrogens is 525 g/mol. The van der Waals surface area contributed by atoms with Crippen LogP contribution in [0.1, 0.15) is 0 Å². The quantitative estimate of drug-likeness (QED) is 0.410. The molecule has 0 bridgehead atoms. The van der Waals surface area contributed by atoms with E-state index in [4.69, 9.17) is 79.1 Å². The van der Waals surface area contributed by atoms with Crippen LogP contribution >= 0.6 is 92.3 Å². The van der Waals surface area contributed by atoms with Gasteiger partial charge < -0.3 is 9.47 Å². The Bertz CT molecular complexity index is 758. The summed E-state index contributed by atoms with van der Waals surface area (Å²) < 4.78 is 5.94. The van der Waals surface area contributed by atoms with Gasteiger partial charge >= 0.3 is 12.2 Å². The normalized spacial score (nSPS) is 11.9. The average molecular weight is 533 g/mol. The second kappa shape index (κ2) is 9.54. The summed E-state index contributed by atoms with van der Waals surface area (Å²) in [5, 5.41) is 3.48. The molecular formula is C13H8Cl6N2O4S2. The Morgan fingerprint density at radius 1 is 1.00 bits per heavy atom. The lowest BCUT2D eigenvalue weighted by Gasteiger charge is -2.20. The van der Waals surface area contributed by atoms with Crippen molar-refractivity contribution in [2.24, 2.45) is 0 Å². The number of hydrogen-bond donors (Lipinski definition) is 0. The van der Waals surface area contributed by atoms with Crippen molar-refractivity contribution in [3.05, 3.63) is 22.9 Å². The van der Waals surface area contributed by atoms with E-state index in [2.05, 4.69) is 4.98 Å². The smallest absolute Gasteiger partial charge is 0.426 e. The minimum Gasteiger partial charge on any atom is -0.444 e. The third kappa shape index (κ3) is 7.62. The van der Waals surface area contributed by atoms with E-state index in [0.717, 1.165) is 16.2 Å². The molecule has 0 fully saturated rings. The van der Waals surface area contributed by atoms with Crippen LogP contribution in [0.2, 0.25) is 0 Å². The fourth-order valence-electron chi connectivity index (χ4n) is 1.55. The van der Waals surface area contributed by atoms with Crippen LogP contribution in [0.15, 0.2) is 22.9 Å². The molecule has 2 aromatic rings. The van der Waals surface area contributed by atoms with Crippen molar-refractivity contribution in [2.75, 3.05) is 18.1 Å². The Kier molecular flexibility index (Phi) is 8.16. The summed E-state index contributed by atoms with van der Waals surface area (Å²) in [6.07, 6.45) is -2.33. The van der Waals surface area contributed by atoms with Crippen molar-refractivity contribution >= 4 is 110 Å². The maximum absolute atomic E-state index is 12.3. The van der Waals surface area contributed by atoms with Gasteiger partial charge in [-0.15, -0.1) is 22.7 Å². The summed E-state index contributed by atoms with van der Waals surface area (Å²) in [4.78, 5) is 30.3. The fourth-order valence-corrected chi connectivity index (χ4v) is 3.44. The van der Waals surface area contributed by atoms with Gasteiger partial charge in [-0.1, -0.05) is 75.7 Å². The lowest BCUT2D eigenvalue weighted by molar-refractivity contribution is 0.136. The number of hydrogen-bond acceptors (Lipinski definition) is 7. The first-order chi connectivity index (χ1) is 12.5. The Balaban J connectivity index is 2.23. The van der Waals surface area contributed by atoms with Crippen molar-refractivity contribution in [3.63, 3.8) is 0 Å². The highest BCUT2D eigenvalue weighted by Gasteiger charge is 2.34. The number of rotatable bonds is 4. The van der Waals surface area contributed by atoms with E-state index < -0.39 is 33.0 Å². The maximum Gasteiger partial charge on any atom is 0.426 e. The summed E-state index contributed by atoms with van der Waals surface area (Å²) in [6.45, 7) is -1.21. The average Bonchev–Trinajstić information content (AvgIpc) is 3.21. The van der Waals surface area contributed by atoms with E-state index in [1.807, 2.05) is 17.5 Å². The number of carbonyl (C=O) groups excluding carboxylic acids is 2. The van der Waals surface area contributed by atoms with Gasteiger partial charge in [0.15, 0.2) is 0 Å². The van der Waals surface area contributed by atoms with Crippen LogP contribution in [0.4, 0.5) is 14.7 Å². The lowest BCUT2D eigenvalue weighted by atomic mass is 10.4. The molecule has 148 valence electrons. The summed E-state index contributed by atoms with van der Waals surface area (Å²) >= 11 is 35.8. The van der Waals surface area contributed by atoms with E-state index in [-0.39, 0.29) is 5.13 Å². The van der Waals surface area contributed by atoms with Gasteiger partial charge in [-0.3, -0.25) is 0 Å². The summed E-state index contributed by atoms with van der Waals surface area (Å²) in [5.41, 5.74) is 0.554. The predicted molar refractivity (Wildman–Crippen MR) is 111 cm³/mol. The standard InChI is InChI=1S/C13H8Cl6N2O4S2/c14-12(15,16)5-24-10(22)21(11(23)25-6-13(17,18)19)9-20-7(4-27-9)8-2-1-3-26-8/h1-4H,5-6H2. The number of carbonyl (C=O) groups is 2. The van der Waals surface area contributed by atoms with Crippen molar-refractivity contribution in [3.8, 4) is 10.6 Å². The molecule has 0 radical (unpaired) electrons. The first-order valence-electron chi connectivity index (χ1n) is 6.73. The van der Waals surface area contributed by atoms with E-state index in [9.17, 15) is 9.59 Å². The highest BCUT2D eigenvalue weighted by atomic mass is 35.6. The van der Waals surface area contributed by atoms with E-state index in [1.54, 1.807) is 5.38 Å². The maximum atomic E-state index is 12.3. The molecule has 27 heavy (non-hydrogen) atoms. The number of thiazole rings is 1. The fraction of sp³-hybridized carbons (Fsp3) is 0.308. The van der Waals surface area contributed by atoms with Gasteiger partial charge in [0.05, 0.1) is 10.6 Å². The van der Waals surface area contributed by atoms with E-state index >= 15 is 0 Å². The zero-order chi connectivity index (χ0) is 20.2. The number of amides is 2. The Morgan fingerprint density at radius 3 is 2.00 bits per heavy atom. The molecule has 2 heterocycles. The van der Waals surface area contributed by atoms with Gasteiger partial charge in [0, 0.05) is 5.38 Å². The van der Waals surface area contributed by atoms with Crippen LogP contribution in [0.25, 0.3) is 10.6 Å². The van der Waals surface area contributed by atoms with Gasteiger partial charge in [0.2, 0.25) is 12.7 Å². The number of ether oxygens (including phenoxy) is 2. The minimum absolute atomic E-state index is 0.0259. The van der Waals surface area contributed by atoms with Gasteiger partial charge in [-0.2, -0.15) is 4.90 Å². The summed E-state index contributed by atoms with van der Waals surface area (Å²) in [7, 11) is 0. The molecule has 0 aromatic carbocycles. The largest absolute Gasteiger partial charge is 0.444 e. The van der Waals surface area contributed by atoms with E-state index in [1.165, 1.54) is 11.3 Å². The molecule has 14 heteroatoms. The van der Waals surface area contributed by atoms with Crippen molar-refractivity contribution in [2.45, 2.75) is 7.59 Å². The zero-order valence-corrected chi connectivity index (χ0v) is 19.0. The lowest BCUT2D eigenvalue weighted by Crippen LogP contribution is -2.40. The SMILES string of the molecule is O=C(OCC(Cl)(Cl)Cl)N(C(=O)OCC(Cl)(Cl)Cl)c1nc(-c2cccs2)cs1. The van der Waals surface area contributed by atoms with Crippen LogP contribution in [-0.4, -0.2) is 38.0 Å². The molecule has 0 aliphatic rings. The number of anilines is 1. The number of alkyl halides is 6. The predicted octanol–water partition coefficient (Wildman–Crippen LogP) is 6.69. The minimum atomic E-state index is -1.87. The first-order valence-corrected chi connectivity index (χ1v) is 10.8. The highest BCUT2D eigenvalue weighted by Crippen LogP contribution is 2.32. The summed E-state index contributed by atoms with van der Waals surface area (Å²) in [5.74, 6) is 0. The highest BCUT2D eigenvalue weighted by molar-refractivity contribution is 7.16. The second-order valence-corrected chi connectivity index (χ2v) is 11.5. The molecule has 2 aromatic heterocycles. The first kappa shape index (κ1) is 23.1. The Hall–Kier alpha value is -0.190. The molecule has 0 saturated heterocycles. The Labute approximate surface area is 191 Å². The van der Waals surface area contributed by atoms with Crippen LogP contribution < -0.4 is 4.90 Å². The van der Waals surface area contributed by atoms with Crippen molar-refractivity contribution < 1.29 is 19.1 Å². The third-order valence-corrected chi connectivity index (χ3v) is 4.91. The number of imide groups is 1. The molecule has 2 rings (SSSR count). The molecule has 0 aliphatic carbocycles. The second-order valence-electron chi connectivity index (χ2n) is 4.67. The van der Waals surface area contributed by atoms with Crippen LogP contribution in [0, 0.1) is 0 Å². The molecule has 6 nitrogen and oxygen atoms in total. The molecule has 2 amide bonds. The van der Waals surface area contributed by atoms with E-state index in [0.29, 0.717) is 10.6 Å². The van der Waals surface area contributed by atoms with Crippen molar-refractivity contribution in [1.29, 1.82) is 0 Å².